The molecule has 1 fully saturated rings. The topological polar surface area (TPSA) is 79.6 Å². The summed E-state index contributed by atoms with van der Waals surface area (Å²) in [6, 6.07) is 9.45. The number of furan rings is 1. The lowest BCUT2D eigenvalue weighted by atomic mass is 9.87. The van der Waals surface area contributed by atoms with Crippen LogP contribution < -0.4 is 5.32 Å². The maximum Gasteiger partial charge on any atom is 0.275 e. The normalized spacial score (nSPS) is 16.8. The lowest BCUT2D eigenvalue weighted by Crippen LogP contribution is -2.43. The van der Waals surface area contributed by atoms with Gasteiger partial charge in [0.05, 0.1) is 11.1 Å². The summed E-state index contributed by atoms with van der Waals surface area (Å²) >= 11 is 0. The molecule has 0 unspecified atom stereocenters. The number of nitrogens with zero attached hydrogens (tertiary/aromatic N) is 1. The summed E-state index contributed by atoms with van der Waals surface area (Å²) in [5.74, 6) is -0.322. The molecule has 0 bridgehead atoms. The van der Waals surface area contributed by atoms with Crippen molar-refractivity contribution in [2.45, 2.75) is 43.2 Å². The second-order valence-corrected chi connectivity index (χ2v) is 9.14. The Labute approximate surface area is 154 Å². The maximum atomic E-state index is 12.8. The molecule has 0 radical (unpaired) electrons. The van der Waals surface area contributed by atoms with E-state index in [0.717, 1.165) is 41.1 Å². The average molecular weight is 376 g/mol. The van der Waals surface area contributed by atoms with Gasteiger partial charge in [-0.05, 0) is 25.3 Å². The van der Waals surface area contributed by atoms with E-state index in [9.17, 15) is 13.2 Å². The van der Waals surface area contributed by atoms with E-state index in [2.05, 4.69) is 11.4 Å². The molecule has 1 aromatic carbocycles. The molecule has 1 aromatic heterocycles. The van der Waals surface area contributed by atoms with Gasteiger partial charge in [0.25, 0.3) is 15.9 Å². The largest absolute Gasteiger partial charge is 0.451 e. The lowest BCUT2D eigenvalue weighted by molar-refractivity contribution is 0.0897. The second-order valence-electron chi connectivity index (χ2n) is 7.05. The summed E-state index contributed by atoms with van der Waals surface area (Å²) < 4.78 is 30.5. The fraction of sp³-hybridized carbons (Fsp3) is 0.421. The molecule has 1 heterocycles. The van der Waals surface area contributed by atoms with Crippen LogP contribution in [0.4, 0.5) is 0 Å². The third-order valence-corrected chi connectivity index (χ3v) is 6.64. The molecule has 1 N–H and O–H groups in total. The number of carbonyl (C=O) groups excluding carboxylic acids is 1. The first-order valence-electron chi connectivity index (χ1n) is 8.65. The molecule has 7 heteroatoms. The van der Waals surface area contributed by atoms with Gasteiger partial charge < -0.3 is 9.73 Å². The zero-order chi connectivity index (χ0) is 18.9. The van der Waals surface area contributed by atoms with Crippen molar-refractivity contribution in [1.82, 2.24) is 9.62 Å². The highest BCUT2D eigenvalue weighted by atomic mass is 32.2. The number of hydrogen-bond donors (Lipinski definition) is 1. The summed E-state index contributed by atoms with van der Waals surface area (Å²) in [5.41, 5.74) is 2.03. The predicted molar refractivity (Wildman–Crippen MR) is 98.4 cm³/mol. The number of rotatable bonds is 5. The van der Waals surface area contributed by atoms with Crippen molar-refractivity contribution in [2.75, 3.05) is 14.1 Å². The Bertz CT molecular complexity index is 909. The van der Waals surface area contributed by atoms with Crippen molar-refractivity contribution < 1.29 is 17.6 Å². The Balaban J connectivity index is 1.87. The molecule has 1 saturated carbocycles. The van der Waals surface area contributed by atoms with Gasteiger partial charge in [-0.2, -0.15) is 0 Å². The third-order valence-electron chi connectivity index (χ3n) is 4.95. The van der Waals surface area contributed by atoms with Crippen LogP contribution in [-0.2, 0) is 15.6 Å². The van der Waals surface area contributed by atoms with Gasteiger partial charge in [-0.15, -0.1) is 0 Å². The fourth-order valence-electron chi connectivity index (χ4n) is 3.45. The number of aryl methyl sites for hydroxylation is 1. The smallest absolute Gasteiger partial charge is 0.275 e. The van der Waals surface area contributed by atoms with E-state index in [1.807, 2.05) is 25.1 Å². The molecule has 2 aromatic rings. The van der Waals surface area contributed by atoms with Gasteiger partial charge in [-0.25, -0.2) is 12.7 Å². The van der Waals surface area contributed by atoms with Gasteiger partial charge in [0.15, 0.2) is 0 Å². The van der Waals surface area contributed by atoms with Gasteiger partial charge in [0.1, 0.15) is 6.26 Å². The zero-order valence-electron chi connectivity index (χ0n) is 15.3. The van der Waals surface area contributed by atoms with Gasteiger partial charge in [0.2, 0.25) is 5.09 Å². The van der Waals surface area contributed by atoms with Gasteiger partial charge in [-0.1, -0.05) is 42.7 Å². The first-order valence-corrected chi connectivity index (χ1v) is 10.1. The molecule has 1 aliphatic carbocycles. The quantitative estimate of drug-likeness (QED) is 0.870. The van der Waals surface area contributed by atoms with E-state index in [1.165, 1.54) is 26.4 Å². The average Bonchev–Trinajstić information content (AvgIpc) is 3.25. The van der Waals surface area contributed by atoms with Gasteiger partial charge in [-0.3, -0.25) is 4.79 Å². The Hall–Kier alpha value is -2.12. The first-order chi connectivity index (χ1) is 12.2. The monoisotopic (exact) mass is 376 g/mol. The molecule has 0 atom stereocenters. The molecule has 3 rings (SSSR count). The Morgan fingerprint density at radius 2 is 1.88 bits per heavy atom. The first kappa shape index (κ1) is 18.7. The van der Waals surface area contributed by atoms with Crippen LogP contribution >= 0.6 is 0 Å². The minimum Gasteiger partial charge on any atom is -0.451 e. The highest BCUT2D eigenvalue weighted by Gasteiger charge is 2.37. The molecular formula is C19H24N2O4S. The van der Waals surface area contributed by atoms with Crippen LogP contribution in [0, 0.1) is 6.92 Å². The number of sulfonamides is 1. The zero-order valence-corrected chi connectivity index (χ0v) is 16.1. The molecule has 1 amide bonds. The summed E-state index contributed by atoms with van der Waals surface area (Å²) in [5, 5.41) is 2.91. The molecule has 0 aliphatic heterocycles. The summed E-state index contributed by atoms with van der Waals surface area (Å²) in [6.45, 7) is 2.03. The highest BCUT2D eigenvalue weighted by molar-refractivity contribution is 7.88. The van der Waals surface area contributed by atoms with E-state index in [1.54, 1.807) is 0 Å². The van der Waals surface area contributed by atoms with E-state index in [0.29, 0.717) is 0 Å². The van der Waals surface area contributed by atoms with E-state index in [4.69, 9.17) is 4.42 Å². The number of nitrogens with one attached hydrogen (secondary N) is 1. The molecule has 26 heavy (non-hydrogen) atoms. The van der Waals surface area contributed by atoms with Crippen molar-refractivity contribution in [3.05, 3.63) is 53.3 Å². The second kappa shape index (κ2) is 6.89. The van der Waals surface area contributed by atoms with E-state index < -0.39 is 15.6 Å². The highest BCUT2D eigenvalue weighted by Crippen LogP contribution is 2.39. The van der Waals surface area contributed by atoms with Crippen molar-refractivity contribution in [1.29, 1.82) is 0 Å². The molecule has 0 spiro atoms. The van der Waals surface area contributed by atoms with E-state index >= 15 is 0 Å². The van der Waals surface area contributed by atoms with Crippen molar-refractivity contribution in [3.8, 4) is 0 Å². The maximum absolute atomic E-state index is 12.8. The van der Waals surface area contributed by atoms with Crippen molar-refractivity contribution >= 4 is 15.9 Å². The fourth-order valence-corrected chi connectivity index (χ4v) is 4.25. The number of benzene rings is 1. The van der Waals surface area contributed by atoms with Crippen molar-refractivity contribution in [3.63, 3.8) is 0 Å². The lowest BCUT2D eigenvalue weighted by Gasteiger charge is -2.31. The van der Waals surface area contributed by atoms with Crippen LogP contribution in [0.5, 0.6) is 0 Å². The van der Waals surface area contributed by atoms with Crippen LogP contribution in [0.25, 0.3) is 0 Å². The van der Waals surface area contributed by atoms with Crippen LogP contribution in [0.1, 0.15) is 47.2 Å². The van der Waals surface area contributed by atoms with Crippen LogP contribution in [0.2, 0.25) is 0 Å². The minimum atomic E-state index is -3.70. The van der Waals surface area contributed by atoms with E-state index in [-0.39, 0.29) is 16.6 Å². The molecule has 1 aliphatic rings. The molecular weight excluding hydrogens is 352 g/mol. The number of carbonyl (C=O) groups is 1. The Morgan fingerprint density at radius 1 is 1.19 bits per heavy atom. The van der Waals surface area contributed by atoms with Crippen LogP contribution in [0.15, 0.2) is 46.1 Å². The van der Waals surface area contributed by atoms with Crippen LogP contribution in [-0.4, -0.2) is 32.7 Å². The Morgan fingerprint density at radius 3 is 2.50 bits per heavy atom. The van der Waals surface area contributed by atoms with Gasteiger partial charge >= 0.3 is 0 Å². The molecule has 140 valence electrons. The summed E-state index contributed by atoms with van der Waals surface area (Å²) in [6.07, 6.45) is 5.01. The van der Waals surface area contributed by atoms with Gasteiger partial charge in [0, 0.05) is 20.2 Å². The SMILES string of the molecule is Cc1cccc(C2(NC(=O)c3coc(S(=O)(=O)N(C)C)c3)CCCC2)c1. The number of amides is 1. The van der Waals surface area contributed by atoms with Crippen molar-refractivity contribution in [2.24, 2.45) is 0 Å². The molecule has 0 saturated heterocycles. The minimum absolute atomic E-state index is 0.212. The third kappa shape index (κ3) is 3.41. The van der Waals surface area contributed by atoms with Crippen LogP contribution in [0.3, 0.4) is 0 Å². The summed E-state index contributed by atoms with van der Waals surface area (Å²) in [4.78, 5) is 12.8. The molecule has 6 nitrogen and oxygen atoms in total. The number of hydrogen-bond acceptors (Lipinski definition) is 4. The standard InChI is InChI=1S/C19H24N2O4S/c1-14-7-6-8-16(11-14)19(9-4-5-10-19)20-18(22)15-12-17(25-13-15)26(23,24)21(2)3/h6-8,11-13H,4-5,9-10H2,1-3H3,(H,20,22). The predicted octanol–water partition coefficient (Wildman–Crippen LogP) is 3.04. The Kier molecular flexibility index (Phi) is 4.94. The summed E-state index contributed by atoms with van der Waals surface area (Å²) in [7, 11) is -0.864.